The largest absolute Gasteiger partial charge is 0.390 e. The molecule has 4 rings (SSSR count). The zero-order valence-corrected chi connectivity index (χ0v) is 22.1. The highest BCUT2D eigenvalue weighted by Crippen LogP contribution is 2.67. The molecule has 0 spiro atoms. The van der Waals surface area contributed by atoms with Crippen LogP contribution in [0, 0.1) is 40.4 Å². The lowest BCUT2D eigenvalue weighted by Crippen LogP contribution is -2.52. The topological polar surface area (TPSA) is 40.5 Å². The first kappa shape index (κ1) is 24.8. The summed E-state index contributed by atoms with van der Waals surface area (Å²) in [6.45, 7) is 14.0. The lowest BCUT2D eigenvalue weighted by molar-refractivity contribution is -0.0715. The first-order chi connectivity index (χ1) is 14.9. The molecule has 9 atom stereocenters. The third-order valence-corrected chi connectivity index (χ3v) is 11.3. The summed E-state index contributed by atoms with van der Waals surface area (Å²) in [5.74, 6) is 4.06. The third kappa shape index (κ3) is 4.37. The Morgan fingerprint density at radius 2 is 1.81 bits per heavy atom. The molecule has 0 heterocycles. The SMILES string of the molecule is CCCC[C@@](C)(O)CC[C@@H](C)[C@H]1CC[C@H]2[C@@H]3CC=C4C[C@@](C)(O)CC[C@]4(C)[C@H]3CC[C@]12C. The van der Waals surface area contributed by atoms with Crippen LogP contribution in [-0.2, 0) is 0 Å². The molecule has 0 amide bonds. The van der Waals surface area contributed by atoms with Gasteiger partial charge in [0.2, 0.25) is 0 Å². The van der Waals surface area contributed by atoms with Crippen LogP contribution >= 0.6 is 0 Å². The summed E-state index contributed by atoms with van der Waals surface area (Å²) in [5, 5.41) is 21.5. The van der Waals surface area contributed by atoms with Crippen LogP contribution in [0.25, 0.3) is 0 Å². The highest BCUT2D eigenvalue weighted by atomic mass is 16.3. The Balaban J connectivity index is 1.45. The molecule has 0 bridgehead atoms. The molecule has 0 radical (unpaired) electrons. The summed E-state index contributed by atoms with van der Waals surface area (Å²) in [4.78, 5) is 0. The Morgan fingerprint density at radius 1 is 1.06 bits per heavy atom. The Morgan fingerprint density at radius 3 is 2.53 bits per heavy atom. The molecule has 184 valence electrons. The van der Waals surface area contributed by atoms with Gasteiger partial charge in [0.05, 0.1) is 11.2 Å². The molecule has 0 aromatic rings. The van der Waals surface area contributed by atoms with Gasteiger partial charge >= 0.3 is 0 Å². The van der Waals surface area contributed by atoms with Crippen molar-refractivity contribution in [3.63, 3.8) is 0 Å². The molecule has 0 unspecified atom stereocenters. The van der Waals surface area contributed by atoms with Crippen molar-refractivity contribution in [2.24, 2.45) is 40.4 Å². The standard InChI is InChI=1S/C30H52O2/c1-7-8-15-27(3,31)16-13-21(2)24-11-12-25-23-10-9-22-20-28(4,32)18-19-29(22,5)26(23)14-17-30(24,25)6/h9,21,23-26,31-32H,7-8,10-20H2,1-6H3/t21-,23+,24-,25+,26+,27-,28+,29+,30-/m1/s1. The summed E-state index contributed by atoms with van der Waals surface area (Å²) >= 11 is 0. The van der Waals surface area contributed by atoms with E-state index in [0.717, 1.165) is 55.8 Å². The third-order valence-electron chi connectivity index (χ3n) is 11.3. The monoisotopic (exact) mass is 444 g/mol. The molecule has 2 nitrogen and oxygen atoms in total. The van der Waals surface area contributed by atoms with E-state index in [1.54, 1.807) is 5.57 Å². The number of unbranched alkanes of at least 4 members (excludes halogenated alkanes) is 1. The van der Waals surface area contributed by atoms with Crippen LogP contribution in [0.3, 0.4) is 0 Å². The van der Waals surface area contributed by atoms with Crippen LogP contribution in [0.15, 0.2) is 11.6 Å². The van der Waals surface area contributed by atoms with Gasteiger partial charge in [0.1, 0.15) is 0 Å². The van der Waals surface area contributed by atoms with E-state index in [1.165, 1.54) is 51.4 Å². The lowest BCUT2D eigenvalue weighted by Gasteiger charge is -2.59. The maximum atomic E-state index is 10.8. The van der Waals surface area contributed by atoms with Crippen LogP contribution in [0.5, 0.6) is 0 Å². The molecule has 0 aromatic heterocycles. The highest BCUT2D eigenvalue weighted by Gasteiger charge is 2.59. The summed E-state index contributed by atoms with van der Waals surface area (Å²) in [5.41, 5.74) is 1.41. The lowest BCUT2D eigenvalue weighted by atomic mass is 9.46. The van der Waals surface area contributed by atoms with E-state index in [9.17, 15) is 10.2 Å². The van der Waals surface area contributed by atoms with E-state index >= 15 is 0 Å². The predicted molar refractivity (Wildman–Crippen MR) is 134 cm³/mol. The second-order valence-corrected chi connectivity index (χ2v) is 13.8. The van der Waals surface area contributed by atoms with E-state index < -0.39 is 11.2 Å². The van der Waals surface area contributed by atoms with Crippen molar-refractivity contribution in [2.45, 2.75) is 136 Å². The normalized spacial score (nSPS) is 46.4. The molecule has 3 fully saturated rings. The molecule has 4 aliphatic carbocycles. The van der Waals surface area contributed by atoms with Gasteiger partial charge in [-0.25, -0.2) is 0 Å². The van der Waals surface area contributed by atoms with Gasteiger partial charge in [0.25, 0.3) is 0 Å². The summed E-state index contributed by atoms with van der Waals surface area (Å²) in [7, 11) is 0. The van der Waals surface area contributed by atoms with Gasteiger partial charge in [-0.3, -0.25) is 0 Å². The van der Waals surface area contributed by atoms with E-state index in [1.807, 2.05) is 6.92 Å². The minimum absolute atomic E-state index is 0.328. The summed E-state index contributed by atoms with van der Waals surface area (Å²) in [6, 6.07) is 0. The summed E-state index contributed by atoms with van der Waals surface area (Å²) in [6.07, 6.45) is 17.8. The first-order valence-corrected chi connectivity index (χ1v) is 14.1. The molecule has 3 saturated carbocycles. The Hall–Kier alpha value is -0.340. The molecule has 2 N–H and O–H groups in total. The van der Waals surface area contributed by atoms with Crippen LogP contribution in [-0.4, -0.2) is 21.4 Å². The van der Waals surface area contributed by atoms with Crippen molar-refractivity contribution in [2.75, 3.05) is 0 Å². The number of hydrogen-bond acceptors (Lipinski definition) is 2. The number of fused-ring (bicyclic) bond motifs is 5. The quantitative estimate of drug-likeness (QED) is 0.395. The smallest absolute Gasteiger partial charge is 0.0657 e. The highest BCUT2D eigenvalue weighted by molar-refractivity contribution is 5.26. The molecular weight excluding hydrogens is 392 g/mol. The second-order valence-electron chi connectivity index (χ2n) is 13.8. The number of hydrogen-bond donors (Lipinski definition) is 2. The van der Waals surface area contributed by atoms with Crippen molar-refractivity contribution >= 4 is 0 Å². The van der Waals surface area contributed by atoms with Crippen LogP contribution in [0.4, 0.5) is 0 Å². The van der Waals surface area contributed by atoms with E-state index in [0.29, 0.717) is 16.7 Å². The van der Waals surface area contributed by atoms with Crippen molar-refractivity contribution in [3.05, 3.63) is 11.6 Å². The first-order valence-electron chi connectivity index (χ1n) is 14.1. The molecule has 4 aliphatic rings. The average molecular weight is 445 g/mol. The molecule has 0 aromatic carbocycles. The zero-order chi connectivity index (χ0) is 23.4. The van der Waals surface area contributed by atoms with Gasteiger partial charge in [-0.05, 0) is 125 Å². The van der Waals surface area contributed by atoms with Gasteiger partial charge in [-0.1, -0.05) is 52.2 Å². The number of rotatable bonds is 7. The van der Waals surface area contributed by atoms with E-state index in [2.05, 4.69) is 40.7 Å². The molecule has 0 aliphatic heterocycles. The van der Waals surface area contributed by atoms with Crippen molar-refractivity contribution in [1.29, 1.82) is 0 Å². The Kier molecular flexibility index (Phi) is 6.74. The zero-order valence-electron chi connectivity index (χ0n) is 22.1. The van der Waals surface area contributed by atoms with Gasteiger partial charge in [0.15, 0.2) is 0 Å². The Labute approximate surface area is 198 Å². The summed E-state index contributed by atoms with van der Waals surface area (Å²) < 4.78 is 0. The molecule has 32 heavy (non-hydrogen) atoms. The van der Waals surface area contributed by atoms with Gasteiger partial charge in [-0.15, -0.1) is 0 Å². The maximum absolute atomic E-state index is 10.8. The van der Waals surface area contributed by atoms with Gasteiger partial charge in [0, 0.05) is 0 Å². The minimum Gasteiger partial charge on any atom is -0.390 e. The molecule has 2 heteroatoms. The van der Waals surface area contributed by atoms with Crippen molar-refractivity contribution in [1.82, 2.24) is 0 Å². The van der Waals surface area contributed by atoms with Crippen molar-refractivity contribution < 1.29 is 10.2 Å². The maximum Gasteiger partial charge on any atom is 0.0657 e. The van der Waals surface area contributed by atoms with E-state index in [-0.39, 0.29) is 0 Å². The average Bonchev–Trinajstić information content (AvgIpc) is 3.08. The predicted octanol–water partition coefficient (Wildman–Crippen LogP) is 7.67. The van der Waals surface area contributed by atoms with Gasteiger partial charge < -0.3 is 10.2 Å². The van der Waals surface area contributed by atoms with Gasteiger partial charge in [-0.2, -0.15) is 0 Å². The van der Waals surface area contributed by atoms with Crippen LogP contribution < -0.4 is 0 Å². The second kappa shape index (κ2) is 8.71. The fourth-order valence-electron chi connectivity index (χ4n) is 9.20. The van der Waals surface area contributed by atoms with Crippen LogP contribution in [0.2, 0.25) is 0 Å². The molecular formula is C30H52O2. The number of aliphatic hydroxyl groups is 2. The van der Waals surface area contributed by atoms with E-state index in [4.69, 9.17) is 0 Å². The fourth-order valence-corrected chi connectivity index (χ4v) is 9.20. The minimum atomic E-state index is -0.492. The molecule has 0 saturated heterocycles. The van der Waals surface area contributed by atoms with Crippen molar-refractivity contribution in [3.8, 4) is 0 Å². The fraction of sp³-hybridized carbons (Fsp3) is 0.933. The number of allylic oxidation sites excluding steroid dienone is 1. The van der Waals surface area contributed by atoms with Crippen LogP contribution in [0.1, 0.15) is 125 Å². The Bertz CT molecular complexity index is 706.